The number of esters is 1. The molecular weight excluding hydrogens is 279 g/mol. The van der Waals surface area contributed by atoms with Crippen molar-refractivity contribution in [1.29, 1.82) is 0 Å². The van der Waals surface area contributed by atoms with Gasteiger partial charge in [0.05, 0.1) is 19.4 Å². The van der Waals surface area contributed by atoms with E-state index < -0.39 is 7.27 Å². The molecule has 0 amide bonds. The van der Waals surface area contributed by atoms with Crippen molar-refractivity contribution in [2.75, 3.05) is 6.61 Å². The van der Waals surface area contributed by atoms with E-state index in [4.69, 9.17) is 16.0 Å². The molecule has 0 heterocycles. The van der Waals surface area contributed by atoms with Crippen molar-refractivity contribution >= 4 is 35.1 Å². The molecular formula is C15H14ClO2P. The molecule has 0 aromatic heterocycles. The molecule has 1 atom stereocenters. The van der Waals surface area contributed by atoms with Gasteiger partial charge in [0, 0.05) is 0 Å². The topological polar surface area (TPSA) is 26.3 Å². The first-order valence-corrected chi connectivity index (χ1v) is 8.25. The highest BCUT2D eigenvalue weighted by Gasteiger charge is 2.12. The van der Waals surface area contributed by atoms with Crippen LogP contribution < -0.4 is 10.6 Å². The summed E-state index contributed by atoms with van der Waals surface area (Å²) in [5.41, 5.74) is 0.554. The third-order valence-electron chi connectivity index (χ3n) is 2.59. The molecule has 0 saturated heterocycles. The van der Waals surface area contributed by atoms with Gasteiger partial charge in [0.15, 0.2) is 0 Å². The summed E-state index contributed by atoms with van der Waals surface area (Å²) in [4.78, 5) is 11.5. The fourth-order valence-corrected chi connectivity index (χ4v) is 3.47. The molecule has 2 aromatic carbocycles. The lowest BCUT2D eigenvalue weighted by atomic mass is 10.2. The predicted octanol–water partition coefficient (Wildman–Crippen LogP) is 3.45. The summed E-state index contributed by atoms with van der Waals surface area (Å²) in [6, 6.07) is 17.2. The minimum Gasteiger partial charge on any atom is -0.462 e. The zero-order chi connectivity index (χ0) is 13.7. The van der Waals surface area contributed by atoms with E-state index in [-0.39, 0.29) is 5.97 Å². The number of hydrogen-bond donors (Lipinski definition) is 0. The molecule has 0 spiro atoms. The van der Waals surface area contributed by atoms with Crippen LogP contribution in [0, 0.1) is 0 Å². The monoisotopic (exact) mass is 292 g/mol. The Labute approximate surface area is 118 Å². The molecule has 2 aromatic rings. The summed E-state index contributed by atoms with van der Waals surface area (Å²) in [6.45, 7) is 2.17. The average molecular weight is 293 g/mol. The molecule has 0 fully saturated rings. The van der Waals surface area contributed by atoms with Crippen LogP contribution >= 0.6 is 18.5 Å². The van der Waals surface area contributed by atoms with Gasteiger partial charge in [-0.15, -0.1) is 0 Å². The van der Waals surface area contributed by atoms with Crippen LogP contribution in [0.15, 0.2) is 54.6 Å². The van der Waals surface area contributed by atoms with Crippen LogP contribution in [0.2, 0.25) is 0 Å². The number of rotatable bonds is 4. The number of hydrogen-bond acceptors (Lipinski definition) is 2. The van der Waals surface area contributed by atoms with E-state index in [9.17, 15) is 4.79 Å². The van der Waals surface area contributed by atoms with Crippen molar-refractivity contribution in [1.82, 2.24) is 0 Å². The zero-order valence-electron chi connectivity index (χ0n) is 10.5. The summed E-state index contributed by atoms with van der Waals surface area (Å²) >= 11 is 6.47. The number of ether oxygens (including phenoxy) is 1. The fourth-order valence-electron chi connectivity index (χ4n) is 1.65. The largest absolute Gasteiger partial charge is 0.462 e. The Kier molecular flexibility index (Phi) is 4.95. The van der Waals surface area contributed by atoms with E-state index in [0.717, 1.165) is 10.6 Å². The van der Waals surface area contributed by atoms with Gasteiger partial charge in [0.1, 0.15) is 0 Å². The van der Waals surface area contributed by atoms with Crippen LogP contribution in [0.25, 0.3) is 0 Å². The molecule has 0 bridgehead atoms. The van der Waals surface area contributed by atoms with Crippen molar-refractivity contribution in [2.24, 2.45) is 0 Å². The maximum atomic E-state index is 11.5. The molecule has 4 heteroatoms. The van der Waals surface area contributed by atoms with Crippen molar-refractivity contribution in [3.05, 3.63) is 60.2 Å². The lowest BCUT2D eigenvalue weighted by molar-refractivity contribution is 0.0526. The summed E-state index contributed by atoms with van der Waals surface area (Å²) < 4.78 is 4.95. The highest BCUT2D eigenvalue weighted by atomic mass is 35.7. The Morgan fingerprint density at radius 2 is 1.63 bits per heavy atom. The SMILES string of the molecule is CCOC(=O)c1ccc(P(Cl)c2ccccc2)cc1. The smallest absolute Gasteiger partial charge is 0.338 e. The van der Waals surface area contributed by atoms with Gasteiger partial charge in [-0.25, -0.2) is 4.79 Å². The third-order valence-corrected chi connectivity index (χ3v) is 5.26. The molecule has 98 valence electrons. The van der Waals surface area contributed by atoms with E-state index in [1.54, 1.807) is 19.1 Å². The highest BCUT2D eigenvalue weighted by Crippen LogP contribution is 2.38. The number of carbonyl (C=O) groups excluding carboxylic acids is 1. The predicted molar refractivity (Wildman–Crippen MR) is 80.9 cm³/mol. The number of benzene rings is 2. The first-order valence-electron chi connectivity index (χ1n) is 6.00. The Hall–Kier alpha value is -1.37. The summed E-state index contributed by atoms with van der Waals surface area (Å²) in [5, 5.41) is 2.12. The second kappa shape index (κ2) is 6.70. The van der Waals surface area contributed by atoms with Crippen molar-refractivity contribution in [3.63, 3.8) is 0 Å². The van der Waals surface area contributed by atoms with Crippen LogP contribution in [0.5, 0.6) is 0 Å². The Balaban J connectivity index is 2.16. The van der Waals surface area contributed by atoms with E-state index in [2.05, 4.69) is 0 Å². The lowest BCUT2D eigenvalue weighted by Crippen LogP contribution is -2.10. The molecule has 2 nitrogen and oxygen atoms in total. The third kappa shape index (κ3) is 3.56. The number of halogens is 1. The minimum absolute atomic E-state index is 0.298. The van der Waals surface area contributed by atoms with Crippen LogP contribution in [-0.2, 0) is 4.74 Å². The van der Waals surface area contributed by atoms with Crippen LogP contribution in [0.1, 0.15) is 17.3 Å². The van der Waals surface area contributed by atoms with E-state index in [0.29, 0.717) is 12.2 Å². The first kappa shape index (κ1) is 14.0. The maximum Gasteiger partial charge on any atom is 0.338 e. The minimum atomic E-state index is -0.890. The van der Waals surface area contributed by atoms with Gasteiger partial charge in [-0.1, -0.05) is 53.7 Å². The molecule has 0 aliphatic rings. The van der Waals surface area contributed by atoms with Gasteiger partial charge in [-0.05, 0) is 29.7 Å². The first-order chi connectivity index (χ1) is 9.22. The molecule has 0 aliphatic carbocycles. The highest BCUT2D eigenvalue weighted by molar-refractivity contribution is 7.95. The second-order valence-corrected chi connectivity index (χ2v) is 6.49. The number of carbonyl (C=O) groups is 1. The Morgan fingerprint density at radius 1 is 1.05 bits per heavy atom. The maximum absolute atomic E-state index is 11.5. The summed E-state index contributed by atoms with van der Waals surface area (Å²) in [5.74, 6) is -0.298. The molecule has 0 N–H and O–H groups in total. The summed E-state index contributed by atoms with van der Waals surface area (Å²) in [7, 11) is -0.890. The second-order valence-electron chi connectivity index (χ2n) is 3.88. The van der Waals surface area contributed by atoms with Gasteiger partial charge in [-0.3, -0.25) is 0 Å². The molecule has 0 saturated carbocycles. The van der Waals surface area contributed by atoms with Gasteiger partial charge in [-0.2, -0.15) is 0 Å². The standard InChI is InChI=1S/C15H14ClO2P/c1-2-18-15(17)12-8-10-14(11-9-12)19(16)13-6-4-3-5-7-13/h3-11H,2H2,1H3. The van der Waals surface area contributed by atoms with Crippen LogP contribution in [0.4, 0.5) is 0 Å². The zero-order valence-corrected chi connectivity index (χ0v) is 12.2. The van der Waals surface area contributed by atoms with E-state index >= 15 is 0 Å². The van der Waals surface area contributed by atoms with Gasteiger partial charge >= 0.3 is 5.97 Å². The van der Waals surface area contributed by atoms with E-state index in [1.807, 2.05) is 42.5 Å². The molecule has 1 unspecified atom stereocenters. The summed E-state index contributed by atoms with van der Waals surface area (Å²) in [6.07, 6.45) is 0. The van der Waals surface area contributed by atoms with Crippen molar-refractivity contribution < 1.29 is 9.53 Å². The quantitative estimate of drug-likeness (QED) is 0.637. The van der Waals surface area contributed by atoms with E-state index in [1.165, 1.54) is 0 Å². The molecule has 0 aliphatic heterocycles. The fraction of sp³-hybridized carbons (Fsp3) is 0.133. The van der Waals surface area contributed by atoms with Crippen LogP contribution in [0.3, 0.4) is 0 Å². The Morgan fingerprint density at radius 3 is 2.21 bits per heavy atom. The van der Waals surface area contributed by atoms with Gasteiger partial charge in [0.25, 0.3) is 0 Å². The van der Waals surface area contributed by atoms with Crippen molar-refractivity contribution in [3.8, 4) is 0 Å². The van der Waals surface area contributed by atoms with Crippen molar-refractivity contribution in [2.45, 2.75) is 6.92 Å². The lowest BCUT2D eigenvalue weighted by Gasteiger charge is -2.10. The van der Waals surface area contributed by atoms with Gasteiger partial charge < -0.3 is 4.74 Å². The normalized spacial score (nSPS) is 11.9. The Bertz CT molecular complexity index is 540. The van der Waals surface area contributed by atoms with Gasteiger partial charge in [0.2, 0.25) is 0 Å². The average Bonchev–Trinajstić information content (AvgIpc) is 2.48. The molecule has 19 heavy (non-hydrogen) atoms. The van der Waals surface area contributed by atoms with Crippen LogP contribution in [-0.4, -0.2) is 12.6 Å². The molecule has 0 radical (unpaired) electrons. The molecule has 2 rings (SSSR count).